The van der Waals surface area contributed by atoms with Crippen LogP contribution in [-0.2, 0) is 28.8 Å². The van der Waals surface area contributed by atoms with Crippen LogP contribution in [0.3, 0.4) is 0 Å². The Bertz CT molecular complexity index is 1040. The highest BCUT2D eigenvalue weighted by Gasteiger charge is 2.47. The van der Waals surface area contributed by atoms with Crippen molar-refractivity contribution in [2.75, 3.05) is 13.2 Å². The first-order valence-electron chi connectivity index (χ1n) is 12.7. The zero-order chi connectivity index (χ0) is 25.1. The number of fused-ring (bicyclic) bond motifs is 1. The number of aliphatic hydroxyl groups excluding tert-OH is 3. The third-order valence-electron chi connectivity index (χ3n) is 7.07. The number of aliphatic hydroxyl groups is 3. The molecule has 1 unspecified atom stereocenters. The lowest BCUT2D eigenvalue weighted by molar-refractivity contribution is -0.259. The molecular formula is C28H37NO6. The smallest absolute Gasteiger partial charge is 0.221 e. The van der Waals surface area contributed by atoms with E-state index in [4.69, 9.17) is 9.47 Å². The Labute approximate surface area is 207 Å². The Morgan fingerprint density at radius 2 is 1.83 bits per heavy atom. The second-order valence-electron chi connectivity index (χ2n) is 9.58. The van der Waals surface area contributed by atoms with Gasteiger partial charge in [0, 0.05) is 13.5 Å². The summed E-state index contributed by atoms with van der Waals surface area (Å²) in [7, 11) is 0. The van der Waals surface area contributed by atoms with E-state index in [0.29, 0.717) is 18.5 Å². The molecule has 2 aliphatic rings. The number of carbonyl (C=O) groups is 1. The lowest BCUT2D eigenvalue weighted by Gasteiger charge is -2.45. The normalized spacial score (nSPS) is 26.1. The zero-order valence-corrected chi connectivity index (χ0v) is 20.8. The molecule has 0 aromatic heterocycles. The molecule has 2 aliphatic heterocycles. The minimum Gasteiger partial charge on any atom is -0.493 e. The molecule has 4 rings (SSSR count). The van der Waals surface area contributed by atoms with Crippen LogP contribution >= 0.6 is 0 Å². The Kier molecular flexibility index (Phi) is 8.12. The number of carbonyl (C=O) groups excluding carboxylic acids is 1. The quantitative estimate of drug-likeness (QED) is 0.560. The summed E-state index contributed by atoms with van der Waals surface area (Å²) in [6.07, 6.45) is -1.78. The van der Waals surface area contributed by atoms with Crippen molar-refractivity contribution >= 4 is 5.91 Å². The van der Waals surface area contributed by atoms with Gasteiger partial charge in [-0.2, -0.15) is 0 Å². The predicted octanol–water partition coefficient (Wildman–Crippen LogP) is 2.90. The van der Waals surface area contributed by atoms with Crippen LogP contribution in [0.15, 0.2) is 36.4 Å². The van der Waals surface area contributed by atoms with Crippen molar-refractivity contribution in [1.29, 1.82) is 0 Å². The van der Waals surface area contributed by atoms with Crippen molar-refractivity contribution in [2.45, 2.75) is 83.5 Å². The second-order valence-corrected chi connectivity index (χ2v) is 9.58. The molecule has 7 heteroatoms. The van der Waals surface area contributed by atoms with Crippen molar-refractivity contribution < 1.29 is 29.6 Å². The van der Waals surface area contributed by atoms with Gasteiger partial charge in [0.1, 0.15) is 30.2 Å². The first-order valence-corrected chi connectivity index (χ1v) is 12.7. The Morgan fingerprint density at radius 1 is 1.03 bits per heavy atom. The molecule has 2 heterocycles. The summed E-state index contributed by atoms with van der Waals surface area (Å²) in [5, 5.41) is 32.1. The van der Waals surface area contributed by atoms with Crippen LogP contribution in [0.2, 0.25) is 0 Å². The molecule has 5 atom stereocenters. The van der Waals surface area contributed by atoms with Crippen molar-refractivity contribution in [3.8, 4) is 5.75 Å². The molecule has 35 heavy (non-hydrogen) atoms. The molecule has 1 fully saturated rings. The van der Waals surface area contributed by atoms with E-state index in [9.17, 15) is 20.1 Å². The van der Waals surface area contributed by atoms with Crippen molar-refractivity contribution in [3.63, 3.8) is 0 Å². The summed E-state index contributed by atoms with van der Waals surface area (Å²) < 4.78 is 11.9. The predicted molar refractivity (Wildman–Crippen MR) is 132 cm³/mol. The summed E-state index contributed by atoms with van der Waals surface area (Å²) in [6.45, 7) is 6.59. The monoisotopic (exact) mass is 483 g/mol. The van der Waals surface area contributed by atoms with Gasteiger partial charge < -0.3 is 29.7 Å². The van der Waals surface area contributed by atoms with Crippen molar-refractivity contribution in [2.24, 2.45) is 0 Å². The third kappa shape index (κ3) is 5.38. The molecule has 190 valence electrons. The summed E-state index contributed by atoms with van der Waals surface area (Å²) in [5.41, 5.74) is 5.44. The first-order chi connectivity index (χ1) is 16.8. The van der Waals surface area contributed by atoms with E-state index in [1.807, 2.05) is 31.2 Å². The van der Waals surface area contributed by atoms with Gasteiger partial charge in [-0.3, -0.25) is 4.79 Å². The minimum absolute atomic E-state index is 0.253. The molecule has 3 N–H and O–H groups in total. The van der Waals surface area contributed by atoms with E-state index in [1.165, 1.54) is 28.5 Å². The van der Waals surface area contributed by atoms with Crippen LogP contribution in [0.25, 0.3) is 0 Å². The molecule has 0 radical (unpaired) electrons. The van der Waals surface area contributed by atoms with E-state index in [0.717, 1.165) is 43.6 Å². The number of amides is 1. The summed E-state index contributed by atoms with van der Waals surface area (Å²) in [4.78, 5) is 13.7. The Balaban J connectivity index is 1.63. The zero-order valence-electron chi connectivity index (χ0n) is 20.8. The lowest BCUT2D eigenvalue weighted by atomic mass is 9.89. The van der Waals surface area contributed by atoms with E-state index >= 15 is 0 Å². The minimum atomic E-state index is -1.44. The third-order valence-corrected chi connectivity index (χ3v) is 7.07. The SMILES string of the molecule is CCCN(C(C)=O)C1O[C@@H](c2ccc(CC)c(Cc3ccc4c(c3)CCCO4)c2)[C@H](O)[C@@H](O)[C@@H]1O. The summed E-state index contributed by atoms with van der Waals surface area (Å²) in [6, 6.07) is 12.3. The average molecular weight is 484 g/mol. The highest BCUT2D eigenvalue weighted by molar-refractivity contribution is 5.73. The van der Waals surface area contributed by atoms with Gasteiger partial charge in [-0.15, -0.1) is 0 Å². The number of hydrogen-bond donors (Lipinski definition) is 3. The Hall–Kier alpha value is -2.45. The molecular weight excluding hydrogens is 446 g/mol. The molecule has 2 aromatic carbocycles. The number of hydrogen-bond acceptors (Lipinski definition) is 6. The fraction of sp³-hybridized carbons (Fsp3) is 0.536. The highest BCUT2D eigenvalue weighted by Crippen LogP contribution is 2.35. The number of ether oxygens (including phenoxy) is 2. The van der Waals surface area contributed by atoms with Gasteiger partial charge >= 0.3 is 0 Å². The second kappa shape index (κ2) is 11.1. The van der Waals surface area contributed by atoms with Crippen LogP contribution in [0.5, 0.6) is 5.75 Å². The van der Waals surface area contributed by atoms with Crippen LogP contribution in [0, 0.1) is 0 Å². The molecule has 1 amide bonds. The van der Waals surface area contributed by atoms with Crippen molar-refractivity contribution in [3.05, 3.63) is 64.2 Å². The molecule has 0 aliphatic carbocycles. The number of nitrogens with zero attached hydrogens (tertiary/aromatic N) is 1. The lowest BCUT2D eigenvalue weighted by Crippen LogP contribution is -2.60. The van der Waals surface area contributed by atoms with Crippen molar-refractivity contribution in [1.82, 2.24) is 4.90 Å². The largest absolute Gasteiger partial charge is 0.493 e. The maximum Gasteiger partial charge on any atom is 0.221 e. The average Bonchev–Trinajstić information content (AvgIpc) is 2.86. The van der Waals surface area contributed by atoms with Crippen LogP contribution < -0.4 is 4.74 Å². The molecule has 7 nitrogen and oxygen atoms in total. The van der Waals surface area contributed by atoms with Gasteiger partial charge in [0.15, 0.2) is 6.23 Å². The molecule has 1 saturated heterocycles. The maximum absolute atomic E-state index is 12.2. The standard InChI is InChI=1S/C28H37NO6/c1-4-12-29(17(3)30)28-26(33)24(31)25(32)27(35-28)21-10-9-19(5-2)22(16-21)15-18-8-11-23-20(14-18)7-6-13-34-23/h8-11,14,16,24-28,31-33H,4-7,12-13,15H2,1-3H3/t24-,25-,26+,27+,28?/m1/s1. The first kappa shape index (κ1) is 25.6. The number of benzene rings is 2. The summed E-state index contributed by atoms with van der Waals surface area (Å²) >= 11 is 0. The van der Waals surface area contributed by atoms with E-state index < -0.39 is 30.6 Å². The van der Waals surface area contributed by atoms with E-state index in [1.54, 1.807) is 0 Å². The van der Waals surface area contributed by atoms with Gasteiger partial charge in [-0.1, -0.05) is 44.2 Å². The van der Waals surface area contributed by atoms with E-state index in [-0.39, 0.29) is 5.91 Å². The number of rotatable bonds is 7. The molecule has 0 saturated carbocycles. The van der Waals surface area contributed by atoms with Gasteiger partial charge in [-0.05, 0) is 66.0 Å². The van der Waals surface area contributed by atoms with Crippen LogP contribution in [0.4, 0.5) is 0 Å². The van der Waals surface area contributed by atoms with Crippen LogP contribution in [0.1, 0.15) is 67.5 Å². The van der Waals surface area contributed by atoms with Crippen LogP contribution in [-0.4, -0.2) is 63.8 Å². The number of aryl methyl sites for hydroxylation is 2. The van der Waals surface area contributed by atoms with Gasteiger partial charge in [-0.25, -0.2) is 0 Å². The Morgan fingerprint density at radius 3 is 2.54 bits per heavy atom. The summed E-state index contributed by atoms with van der Waals surface area (Å²) in [5.74, 6) is 0.709. The maximum atomic E-state index is 12.2. The van der Waals surface area contributed by atoms with Gasteiger partial charge in [0.25, 0.3) is 0 Å². The molecule has 0 bridgehead atoms. The molecule has 2 aromatic rings. The fourth-order valence-electron chi connectivity index (χ4n) is 5.18. The molecule has 0 spiro atoms. The highest BCUT2D eigenvalue weighted by atomic mass is 16.6. The van der Waals surface area contributed by atoms with E-state index in [2.05, 4.69) is 19.1 Å². The van der Waals surface area contributed by atoms with Gasteiger partial charge in [0.05, 0.1) is 6.61 Å². The fourth-order valence-corrected chi connectivity index (χ4v) is 5.18. The topological polar surface area (TPSA) is 99.5 Å². The van der Waals surface area contributed by atoms with Gasteiger partial charge in [0.2, 0.25) is 5.91 Å².